The minimum atomic E-state index is 0.169. The monoisotopic (exact) mass is 252 g/mol. The van der Waals surface area contributed by atoms with Crippen molar-refractivity contribution in [1.82, 2.24) is 0 Å². The van der Waals surface area contributed by atoms with Gasteiger partial charge in [-0.15, -0.1) is 0 Å². The minimum Gasteiger partial charge on any atom is -0.492 e. The Morgan fingerprint density at radius 3 is 2.74 bits per heavy atom. The molecule has 0 spiro atoms. The molecule has 1 aliphatic heterocycles. The Morgan fingerprint density at radius 2 is 1.89 bits per heavy atom. The maximum atomic E-state index is 12.3. The molecule has 0 saturated heterocycles. The van der Waals surface area contributed by atoms with Crippen LogP contribution in [0.15, 0.2) is 48.5 Å². The summed E-state index contributed by atoms with van der Waals surface area (Å²) >= 11 is 0. The smallest absolute Gasteiger partial charge is 0.166 e. The maximum absolute atomic E-state index is 12.3. The van der Waals surface area contributed by atoms with Crippen LogP contribution >= 0.6 is 0 Å². The fourth-order valence-corrected chi connectivity index (χ4v) is 2.47. The van der Waals surface area contributed by atoms with E-state index in [0.29, 0.717) is 13.0 Å². The summed E-state index contributed by atoms with van der Waals surface area (Å²) in [5, 5.41) is 0. The number of rotatable bonds is 4. The number of ether oxygens (including phenoxy) is 1. The molecule has 0 saturated carbocycles. The highest BCUT2D eigenvalue weighted by Crippen LogP contribution is 2.30. The van der Waals surface area contributed by atoms with Crippen molar-refractivity contribution in [3.05, 3.63) is 65.2 Å². The fraction of sp³-hybridized carbons (Fsp3) is 0.235. The number of carbonyl (C=O) groups is 1. The summed E-state index contributed by atoms with van der Waals surface area (Å²) in [5.41, 5.74) is 3.10. The van der Waals surface area contributed by atoms with E-state index in [0.717, 1.165) is 29.7 Å². The van der Waals surface area contributed by atoms with Crippen molar-refractivity contribution in [3.63, 3.8) is 0 Å². The Hall–Kier alpha value is -2.09. The molecular weight excluding hydrogens is 236 g/mol. The molecule has 0 aliphatic carbocycles. The van der Waals surface area contributed by atoms with E-state index in [-0.39, 0.29) is 5.78 Å². The zero-order chi connectivity index (χ0) is 13.1. The molecule has 2 nitrogen and oxygen atoms in total. The second kappa shape index (κ2) is 5.27. The minimum absolute atomic E-state index is 0.169. The van der Waals surface area contributed by atoms with E-state index in [4.69, 9.17) is 4.74 Å². The number of ketones is 1. The molecule has 0 fully saturated rings. The average molecular weight is 252 g/mol. The molecule has 19 heavy (non-hydrogen) atoms. The van der Waals surface area contributed by atoms with Crippen LogP contribution in [0.25, 0.3) is 0 Å². The van der Waals surface area contributed by atoms with Crippen molar-refractivity contribution in [2.45, 2.75) is 19.3 Å². The van der Waals surface area contributed by atoms with Crippen LogP contribution < -0.4 is 4.74 Å². The van der Waals surface area contributed by atoms with E-state index < -0.39 is 0 Å². The first kappa shape index (κ1) is 12.0. The summed E-state index contributed by atoms with van der Waals surface area (Å²) in [5.74, 6) is 0.975. The third kappa shape index (κ3) is 2.53. The molecule has 0 unspecified atom stereocenters. The highest BCUT2D eigenvalue weighted by molar-refractivity contribution is 5.99. The van der Waals surface area contributed by atoms with E-state index in [1.165, 1.54) is 5.56 Å². The number of fused-ring (bicyclic) bond motifs is 1. The van der Waals surface area contributed by atoms with Crippen LogP contribution in [-0.2, 0) is 12.8 Å². The first-order valence-electron chi connectivity index (χ1n) is 6.66. The number of Topliss-reactive ketones (excluding diaryl/α,β-unsaturated/α-hetero) is 1. The van der Waals surface area contributed by atoms with E-state index in [1.807, 2.05) is 36.4 Å². The lowest BCUT2D eigenvalue weighted by Crippen LogP contribution is -2.03. The number of carbonyl (C=O) groups excluding carboxylic acids is 1. The van der Waals surface area contributed by atoms with Gasteiger partial charge in [0.25, 0.3) is 0 Å². The van der Waals surface area contributed by atoms with Crippen LogP contribution in [0.2, 0.25) is 0 Å². The molecule has 3 rings (SSSR count). The predicted molar refractivity (Wildman–Crippen MR) is 74.7 cm³/mol. The molecule has 2 aromatic rings. The van der Waals surface area contributed by atoms with E-state index in [1.54, 1.807) is 0 Å². The Balaban J connectivity index is 1.73. The number of hydrogen-bond acceptors (Lipinski definition) is 2. The van der Waals surface area contributed by atoms with Gasteiger partial charge in [0.2, 0.25) is 0 Å². The third-order valence-electron chi connectivity index (χ3n) is 3.50. The zero-order valence-electron chi connectivity index (χ0n) is 10.8. The average Bonchev–Trinajstić information content (AvgIpc) is 2.94. The van der Waals surface area contributed by atoms with Crippen molar-refractivity contribution in [1.29, 1.82) is 0 Å². The molecule has 0 aromatic heterocycles. The lowest BCUT2D eigenvalue weighted by molar-refractivity contribution is 0.0980. The second-order valence-corrected chi connectivity index (χ2v) is 4.80. The molecule has 0 radical (unpaired) electrons. The molecular formula is C17H16O2. The highest BCUT2D eigenvalue weighted by Gasteiger charge is 2.19. The third-order valence-corrected chi connectivity index (χ3v) is 3.50. The molecule has 0 bridgehead atoms. The van der Waals surface area contributed by atoms with Crippen molar-refractivity contribution in [2.24, 2.45) is 0 Å². The quantitative estimate of drug-likeness (QED) is 0.779. The van der Waals surface area contributed by atoms with Crippen LogP contribution in [0, 0.1) is 0 Å². The van der Waals surface area contributed by atoms with Crippen LogP contribution in [0.4, 0.5) is 0 Å². The Morgan fingerprint density at radius 1 is 1.05 bits per heavy atom. The lowest BCUT2D eigenvalue weighted by atomic mass is 10.00. The summed E-state index contributed by atoms with van der Waals surface area (Å²) in [4.78, 5) is 12.3. The Bertz CT molecular complexity index is 587. The van der Waals surface area contributed by atoms with Crippen LogP contribution in [0.1, 0.15) is 27.9 Å². The maximum Gasteiger partial charge on any atom is 0.166 e. The summed E-state index contributed by atoms with van der Waals surface area (Å²) < 4.78 is 5.58. The topological polar surface area (TPSA) is 26.3 Å². The van der Waals surface area contributed by atoms with Gasteiger partial charge in [-0.2, -0.15) is 0 Å². The number of hydrogen-bond donors (Lipinski definition) is 0. The van der Waals surface area contributed by atoms with Gasteiger partial charge >= 0.3 is 0 Å². The zero-order valence-corrected chi connectivity index (χ0v) is 10.8. The van der Waals surface area contributed by atoms with Crippen molar-refractivity contribution >= 4 is 5.78 Å². The molecule has 0 N–H and O–H groups in total. The normalized spacial score (nSPS) is 12.8. The molecule has 1 aliphatic rings. The molecule has 96 valence electrons. The molecule has 0 atom stereocenters. The van der Waals surface area contributed by atoms with E-state index in [2.05, 4.69) is 12.1 Å². The molecule has 2 aromatic carbocycles. The van der Waals surface area contributed by atoms with Crippen molar-refractivity contribution < 1.29 is 9.53 Å². The van der Waals surface area contributed by atoms with Gasteiger partial charge in [0.1, 0.15) is 5.75 Å². The summed E-state index contributed by atoms with van der Waals surface area (Å²) in [6, 6.07) is 16.0. The van der Waals surface area contributed by atoms with Gasteiger partial charge in [0.05, 0.1) is 12.2 Å². The van der Waals surface area contributed by atoms with Crippen molar-refractivity contribution in [2.75, 3.05) is 6.61 Å². The Kier molecular flexibility index (Phi) is 3.32. The number of benzene rings is 2. The lowest BCUT2D eigenvalue weighted by Gasteiger charge is -2.07. The van der Waals surface area contributed by atoms with Crippen LogP contribution in [-0.4, -0.2) is 12.4 Å². The number of aryl methyl sites for hydroxylation is 1. The standard InChI is InChI=1S/C17H16O2/c18-16(10-9-13-5-2-1-3-6-13)15-8-4-7-14-11-12-19-17(14)15/h1-8H,9-12H2. The fourth-order valence-electron chi connectivity index (χ4n) is 2.47. The summed E-state index contributed by atoms with van der Waals surface area (Å²) in [6.45, 7) is 0.693. The van der Waals surface area contributed by atoms with Gasteiger partial charge in [-0.3, -0.25) is 4.79 Å². The van der Waals surface area contributed by atoms with Crippen molar-refractivity contribution in [3.8, 4) is 5.75 Å². The first-order valence-corrected chi connectivity index (χ1v) is 6.66. The molecule has 2 heteroatoms. The number of para-hydroxylation sites is 1. The van der Waals surface area contributed by atoms with Gasteiger partial charge in [-0.05, 0) is 23.6 Å². The highest BCUT2D eigenvalue weighted by atomic mass is 16.5. The van der Waals surface area contributed by atoms with E-state index in [9.17, 15) is 4.79 Å². The SMILES string of the molecule is O=C(CCc1ccccc1)c1cccc2c1OCC2. The first-order chi connectivity index (χ1) is 9.34. The summed E-state index contributed by atoms with van der Waals surface area (Å²) in [6.07, 6.45) is 2.22. The second-order valence-electron chi connectivity index (χ2n) is 4.80. The molecule has 1 heterocycles. The van der Waals surface area contributed by atoms with Crippen LogP contribution in [0.5, 0.6) is 5.75 Å². The summed E-state index contributed by atoms with van der Waals surface area (Å²) in [7, 11) is 0. The Labute approximate surface area is 113 Å². The molecule has 0 amide bonds. The van der Waals surface area contributed by atoms with Crippen LogP contribution in [0.3, 0.4) is 0 Å². The largest absolute Gasteiger partial charge is 0.492 e. The predicted octanol–water partition coefficient (Wildman–Crippen LogP) is 3.44. The van der Waals surface area contributed by atoms with E-state index >= 15 is 0 Å². The van der Waals surface area contributed by atoms with Gasteiger partial charge in [-0.1, -0.05) is 42.5 Å². The van der Waals surface area contributed by atoms with Gasteiger partial charge in [0, 0.05) is 12.8 Å². The van der Waals surface area contributed by atoms with Gasteiger partial charge in [-0.25, -0.2) is 0 Å². The van der Waals surface area contributed by atoms with Gasteiger partial charge < -0.3 is 4.74 Å². The van der Waals surface area contributed by atoms with Gasteiger partial charge in [0.15, 0.2) is 5.78 Å².